The topological polar surface area (TPSA) is 61.4 Å². The summed E-state index contributed by atoms with van der Waals surface area (Å²) < 4.78 is 0.958. The molecular formula is C12H17BrN2O2. The highest BCUT2D eigenvalue weighted by molar-refractivity contribution is 9.10. The van der Waals surface area contributed by atoms with Crippen molar-refractivity contribution in [3.63, 3.8) is 0 Å². The van der Waals surface area contributed by atoms with Crippen molar-refractivity contribution in [1.29, 1.82) is 0 Å². The van der Waals surface area contributed by atoms with E-state index in [-0.39, 0.29) is 6.03 Å². The quantitative estimate of drug-likeness (QED) is 0.800. The van der Waals surface area contributed by atoms with Crippen LogP contribution in [-0.4, -0.2) is 23.8 Å². The van der Waals surface area contributed by atoms with Gasteiger partial charge in [-0.1, -0.05) is 22.0 Å². The molecule has 0 aliphatic carbocycles. The fourth-order valence-electron chi connectivity index (χ4n) is 1.30. The maximum Gasteiger partial charge on any atom is 0.319 e. The van der Waals surface area contributed by atoms with Crippen LogP contribution in [0.3, 0.4) is 0 Å². The number of nitrogens with one attached hydrogen (secondary N) is 2. The Morgan fingerprint density at radius 2 is 2.24 bits per heavy atom. The van der Waals surface area contributed by atoms with E-state index in [2.05, 4.69) is 26.6 Å². The van der Waals surface area contributed by atoms with E-state index in [1.165, 1.54) is 0 Å². The third kappa shape index (κ3) is 4.75. The van der Waals surface area contributed by atoms with E-state index in [9.17, 15) is 4.79 Å². The summed E-state index contributed by atoms with van der Waals surface area (Å²) >= 11 is 3.40. The van der Waals surface area contributed by atoms with Gasteiger partial charge in [0, 0.05) is 16.7 Å². The molecule has 1 aromatic rings. The highest BCUT2D eigenvalue weighted by Gasteiger charge is 2.06. The number of hydrogen-bond acceptors (Lipinski definition) is 2. The number of rotatable bonds is 4. The Morgan fingerprint density at radius 1 is 1.53 bits per heavy atom. The molecule has 0 saturated heterocycles. The number of anilines is 1. The summed E-state index contributed by atoms with van der Waals surface area (Å²) in [6, 6.07) is 5.37. The lowest BCUT2D eigenvalue weighted by Gasteiger charge is -2.11. The predicted octanol–water partition coefficient (Wildman–Crippen LogP) is 2.65. The zero-order valence-corrected chi connectivity index (χ0v) is 11.5. The molecule has 0 fully saturated rings. The molecule has 5 heteroatoms. The zero-order chi connectivity index (χ0) is 12.8. The molecule has 17 heavy (non-hydrogen) atoms. The molecule has 0 aliphatic heterocycles. The van der Waals surface area contributed by atoms with Gasteiger partial charge in [0.2, 0.25) is 0 Å². The molecule has 3 N–H and O–H groups in total. The van der Waals surface area contributed by atoms with Crippen LogP contribution in [0.25, 0.3) is 0 Å². The minimum Gasteiger partial charge on any atom is -0.393 e. The minimum absolute atomic E-state index is 0.258. The van der Waals surface area contributed by atoms with Gasteiger partial charge in [0.25, 0.3) is 0 Å². The average molecular weight is 301 g/mol. The highest BCUT2D eigenvalue weighted by atomic mass is 79.9. The molecule has 0 saturated carbocycles. The minimum atomic E-state index is -0.400. The van der Waals surface area contributed by atoms with Crippen molar-refractivity contribution in [1.82, 2.24) is 5.32 Å². The number of carbonyl (C=O) groups is 1. The van der Waals surface area contributed by atoms with Crippen LogP contribution in [0.15, 0.2) is 22.7 Å². The maximum absolute atomic E-state index is 11.5. The van der Waals surface area contributed by atoms with E-state index in [1.807, 2.05) is 25.1 Å². The van der Waals surface area contributed by atoms with Crippen molar-refractivity contribution in [2.24, 2.45) is 0 Å². The van der Waals surface area contributed by atoms with Gasteiger partial charge < -0.3 is 15.7 Å². The fourth-order valence-corrected chi connectivity index (χ4v) is 1.67. The lowest BCUT2D eigenvalue weighted by atomic mass is 10.2. The lowest BCUT2D eigenvalue weighted by molar-refractivity contribution is 0.184. The largest absolute Gasteiger partial charge is 0.393 e. The Balaban J connectivity index is 2.48. The van der Waals surface area contributed by atoms with Gasteiger partial charge in [0.05, 0.1) is 6.10 Å². The summed E-state index contributed by atoms with van der Waals surface area (Å²) in [5.74, 6) is 0. The molecule has 0 radical (unpaired) electrons. The number of amides is 2. The van der Waals surface area contributed by atoms with Gasteiger partial charge in [0.15, 0.2) is 0 Å². The van der Waals surface area contributed by atoms with Crippen LogP contribution >= 0.6 is 15.9 Å². The number of carbonyl (C=O) groups excluding carboxylic acids is 1. The van der Waals surface area contributed by atoms with Gasteiger partial charge >= 0.3 is 6.03 Å². The van der Waals surface area contributed by atoms with Crippen molar-refractivity contribution in [3.05, 3.63) is 28.2 Å². The first-order valence-corrected chi connectivity index (χ1v) is 6.28. The number of urea groups is 1. The zero-order valence-electron chi connectivity index (χ0n) is 9.96. The summed E-state index contributed by atoms with van der Waals surface area (Å²) in [6.07, 6.45) is 0.146. The van der Waals surface area contributed by atoms with Crippen LogP contribution in [0, 0.1) is 6.92 Å². The Hall–Kier alpha value is -1.07. The second-order valence-electron chi connectivity index (χ2n) is 3.93. The number of halogens is 1. The molecule has 4 nitrogen and oxygen atoms in total. The Bertz CT molecular complexity index is 394. The van der Waals surface area contributed by atoms with Crippen LogP contribution in [0.2, 0.25) is 0 Å². The average Bonchev–Trinajstić information content (AvgIpc) is 2.24. The second kappa shape index (κ2) is 6.61. The number of hydrogen-bond donors (Lipinski definition) is 3. The Labute approximate surface area is 110 Å². The molecule has 1 atom stereocenters. The van der Waals surface area contributed by atoms with Crippen LogP contribution in [0.4, 0.5) is 10.5 Å². The van der Waals surface area contributed by atoms with E-state index < -0.39 is 6.10 Å². The lowest BCUT2D eigenvalue weighted by Crippen LogP contribution is -2.31. The molecule has 0 bridgehead atoms. The van der Waals surface area contributed by atoms with Gasteiger partial charge in [-0.15, -0.1) is 0 Å². The van der Waals surface area contributed by atoms with Crippen LogP contribution in [0.5, 0.6) is 0 Å². The fraction of sp³-hybridized carbons (Fsp3) is 0.417. The van der Waals surface area contributed by atoms with Crippen molar-refractivity contribution in [2.45, 2.75) is 26.4 Å². The summed E-state index contributed by atoms with van der Waals surface area (Å²) in [5, 5.41) is 14.5. The third-order valence-corrected chi connectivity index (χ3v) is 3.22. The highest BCUT2D eigenvalue weighted by Crippen LogP contribution is 2.23. The molecule has 1 rings (SSSR count). The van der Waals surface area contributed by atoms with E-state index in [0.29, 0.717) is 13.0 Å². The first kappa shape index (κ1) is 14.0. The molecule has 0 spiro atoms. The van der Waals surface area contributed by atoms with E-state index in [1.54, 1.807) is 6.92 Å². The SMILES string of the molecule is Cc1c(Br)cccc1NC(=O)NCCC(C)O. The number of aliphatic hydroxyl groups excluding tert-OH is 1. The second-order valence-corrected chi connectivity index (χ2v) is 4.79. The summed E-state index contributed by atoms with van der Waals surface area (Å²) in [5.41, 5.74) is 1.76. The summed E-state index contributed by atoms with van der Waals surface area (Å²) in [6.45, 7) is 4.07. The smallest absolute Gasteiger partial charge is 0.319 e. The van der Waals surface area contributed by atoms with E-state index >= 15 is 0 Å². The third-order valence-electron chi connectivity index (χ3n) is 2.36. The van der Waals surface area contributed by atoms with Crippen molar-refractivity contribution < 1.29 is 9.90 Å². The van der Waals surface area contributed by atoms with Gasteiger partial charge in [-0.25, -0.2) is 4.79 Å². The molecule has 0 heterocycles. The monoisotopic (exact) mass is 300 g/mol. The Morgan fingerprint density at radius 3 is 2.88 bits per heavy atom. The first-order valence-electron chi connectivity index (χ1n) is 5.48. The number of benzene rings is 1. The van der Waals surface area contributed by atoms with Crippen molar-refractivity contribution >= 4 is 27.6 Å². The molecule has 1 aromatic carbocycles. The van der Waals surface area contributed by atoms with Gasteiger partial charge in [-0.2, -0.15) is 0 Å². The Kier molecular flexibility index (Phi) is 5.44. The van der Waals surface area contributed by atoms with Gasteiger partial charge in [0.1, 0.15) is 0 Å². The molecule has 1 unspecified atom stereocenters. The van der Waals surface area contributed by atoms with E-state index in [0.717, 1.165) is 15.7 Å². The molecule has 0 aromatic heterocycles. The summed E-state index contributed by atoms with van der Waals surface area (Å²) in [7, 11) is 0. The van der Waals surface area contributed by atoms with Gasteiger partial charge in [-0.3, -0.25) is 0 Å². The van der Waals surface area contributed by atoms with Crippen LogP contribution < -0.4 is 10.6 Å². The van der Waals surface area contributed by atoms with Gasteiger partial charge in [-0.05, 0) is 38.0 Å². The predicted molar refractivity (Wildman–Crippen MR) is 72.2 cm³/mol. The summed E-state index contributed by atoms with van der Waals surface area (Å²) in [4.78, 5) is 11.5. The molecular weight excluding hydrogens is 284 g/mol. The first-order chi connectivity index (χ1) is 8.00. The van der Waals surface area contributed by atoms with E-state index in [4.69, 9.17) is 5.11 Å². The van der Waals surface area contributed by atoms with Crippen molar-refractivity contribution in [3.8, 4) is 0 Å². The maximum atomic E-state index is 11.5. The normalized spacial score (nSPS) is 12.0. The standard InChI is InChI=1S/C12H17BrN2O2/c1-8(16)6-7-14-12(17)15-11-5-3-4-10(13)9(11)2/h3-5,8,16H,6-7H2,1-2H3,(H2,14,15,17). The number of aliphatic hydroxyl groups is 1. The van der Waals surface area contributed by atoms with Crippen molar-refractivity contribution in [2.75, 3.05) is 11.9 Å². The molecule has 0 aliphatic rings. The van der Waals surface area contributed by atoms with Crippen LogP contribution in [0.1, 0.15) is 18.9 Å². The van der Waals surface area contributed by atoms with Crippen LogP contribution in [-0.2, 0) is 0 Å². The molecule has 94 valence electrons. The molecule has 2 amide bonds.